The van der Waals surface area contributed by atoms with Gasteiger partial charge in [0.25, 0.3) is 0 Å². The molecule has 0 aromatic carbocycles. The smallest absolute Gasteiger partial charge is 0.139 e. The van der Waals surface area contributed by atoms with E-state index in [-0.39, 0.29) is 10.7 Å². The number of nitrogens with zero attached hydrogens (tertiary/aromatic N) is 2. The molecule has 0 aliphatic heterocycles. The van der Waals surface area contributed by atoms with Crippen LogP contribution in [0.1, 0.15) is 18.8 Å². The summed E-state index contributed by atoms with van der Waals surface area (Å²) in [7, 11) is -2.02. The van der Waals surface area contributed by atoms with Gasteiger partial charge in [-0.2, -0.15) is 0 Å². The van der Waals surface area contributed by atoms with Crippen LogP contribution in [0.2, 0.25) is 0 Å². The number of halogens is 1. The molecule has 0 amide bonds. The summed E-state index contributed by atoms with van der Waals surface area (Å²) >= 11 is 0. The van der Waals surface area contributed by atoms with Gasteiger partial charge < -0.3 is 8.99 Å². The van der Waals surface area contributed by atoms with Gasteiger partial charge in [-0.1, -0.05) is 0 Å². The van der Waals surface area contributed by atoms with Crippen molar-refractivity contribution in [2.75, 3.05) is 0 Å². The van der Waals surface area contributed by atoms with Gasteiger partial charge in [0.15, 0.2) is 0 Å². The second kappa shape index (κ2) is 3.57. The standard InChI is InChI=1S/C6H7FN3OS/c1-4(7)5-6(12(8)11)10-3-2-9-5/h2-4,8H,1H3/q-1. The molecule has 6 heteroatoms. The zero-order valence-electron chi connectivity index (χ0n) is 6.32. The first-order valence-corrected chi connectivity index (χ1v) is 4.36. The molecule has 1 atom stereocenters. The van der Waals surface area contributed by atoms with Crippen molar-refractivity contribution >= 4 is 10.6 Å². The average Bonchev–Trinajstić information content (AvgIpc) is 2.04. The number of nitrogens with one attached hydrogen (secondary N) is 1. The van der Waals surface area contributed by atoms with Crippen LogP contribution in [0.4, 0.5) is 4.39 Å². The van der Waals surface area contributed by atoms with Gasteiger partial charge >= 0.3 is 0 Å². The maximum Gasteiger partial charge on any atom is 0.139 e. The van der Waals surface area contributed by atoms with Crippen LogP contribution >= 0.6 is 0 Å². The molecule has 0 fully saturated rings. The third kappa shape index (κ3) is 1.76. The molecule has 12 heavy (non-hydrogen) atoms. The zero-order valence-corrected chi connectivity index (χ0v) is 7.14. The Balaban J connectivity index is 3.27. The fourth-order valence-electron chi connectivity index (χ4n) is 0.752. The lowest BCUT2D eigenvalue weighted by Crippen LogP contribution is -1.98. The third-order valence-corrected chi connectivity index (χ3v) is 1.91. The van der Waals surface area contributed by atoms with Crippen molar-refractivity contribution in [2.45, 2.75) is 18.1 Å². The minimum Gasteiger partial charge on any atom is -0.439 e. The molecule has 4 nitrogen and oxygen atoms in total. The molecule has 0 saturated heterocycles. The van der Waals surface area contributed by atoms with Crippen molar-refractivity contribution in [1.29, 1.82) is 4.78 Å². The summed E-state index contributed by atoms with van der Waals surface area (Å²) in [5.41, 5.74) is -0.0224. The van der Waals surface area contributed by atoms with Gasteiger partial charge in [0.2, 0.25) is 0 Å². The van der Waals surface area contributed by atoms with Crippen LogP contribution in [0.3, 0.4) is 0 Å². The molecule has 1 rings (SSSR count). The van der Waals surface area contributed by atoms with Crippen molar-refractivity contribution < 1.29 is 8.60 Å². The van der Waals surface area contributed by atoms with Crippen LogP contribution in [0.5, 0.6) is 0 Å². The Kier molecular flexibility index (Phi) is 2.69. The third-order valence-electron chi connectivity index (χ3n) is 1.24. The molecule has 0 aliphatic rings. The summed E-state index contributed by atoms with van der Waals surface area (Å²) in [6.07, 6.45) is 1.25. The monoisotopic (exact) mass is 188 g/mol. The molecule has 0 radical (unpaired) electrons. The van der Waals surface area contributed by atoms with Crippen molar-refractivity contribution in [1.82, 2.24) is 9.97 Å². The first kappa shape index (κ1) is 9.05. The Morgan fingerprint density at radius 1 is 1.58 bits per heavy atom. The maximum absolute atomic E-state index is 12.7. The number of rotatable bonds is 2. The Morgan fingerprint density at radius 3 is 2.58 bits per heavy atom. The summed E-state index contributed by atoms with van der Waals surface area (Å²) in [4.78, 5) is 7.26. The van der Waals surface area contributed by atoms with Crippen LogP contribution in [0.15, 0.2) is 17.4 Å². The van der Waals surface area contributed by atoms with Crippen molar-refractivity contribution in [3.8, 4) is 0 Å². The van der Waals surface area contributed by atoms with Gasteiger partial charge in [0, 0.05) is 17.4 Å². The highest BCUT2D eigenvalue weighted by molar-refractivity contribution is 7.73. The highest BCUT2D eigenvalue weighted by Crippen LogP contribution is 2.16. The quantitative estimate of drug-likeness (QED) is 0.716. The van der Waals surface area contributed by atoms with E-state index in [9.17, 15) is 8.60 Å². The minimum absolute atomic E-state index is 0.0224. The number of hydrogen-bond donors (Lipinski definition) is 1. The fraction of sp³-hybridized carbons (Fsp3) is 0.333. The van der Waals surface area contributed by atoms with E-state index in [1.807, 2.05) is 0 Å². The Morgan fingerprint density at radius 2 is 2.17 bits per heavy atom. The topological polar surface area (TPSA) is 66.7 Å². The van der Waals surface area contributed by atoms with Gasteiger partial charge in [0.05, 0.1) is 5.69 Å². The molecule has 0 aliphatic carbocycles. The summed E-state index contributed by atoms with van der Waals surface area (Å²) in [5, 5.41) is -0.104. The van der Waals surface area contributed by atoms with Crippen LogP contribution in [-0.4, -0.2) is 9.97 Å². The maximum atomic E-state index is 12.7. The molecular formula is C6H7FN3OS-. The zero-order chi connectivity index (χ0) is 9.14. The van der Waals surface area contributed by atoms with Crippen molar-refractivity contribution in [3.05, 3.63) is 18.1 Å². The van der Waals surface area contributed by atoms with E-state index >= 15 is 0 Å². The van der Waals surface area contributed by atoms with E-state index in [0.29, 0.717) is 0 Å². The van der Waals surface area contributed by atoms with Crippen LogP contribution < -0.4 is 0 Å². The second-order valence-corrected chi connectivity index (χ2v) is 3.06. The van der Waals surface area contributed by atoms with Gasteiger partial charge in [-0.3, -0.25) is 9.97 Å². The second-order valence-electron chi connectivity index (χ2n) is 2.13. The molecule has 0 saturated carbocycles. The average molecular weight is 188 g/mol. The first-order valence-electron chi connectivity index (χ1n) is 3.21. The highest BCUT2D eigenvalue weighted by Gasteiger charge is 2.06. The molecule has 1 heterocycles. The van der Waals surface area contributed by atoms with E-state index in [1.165, 1.54) is 19.3 Å². The first-order chi connectivity index (χ1) is 5.63. The predicted molar refractivity (Wildman–Crippen MR) is 40.6 cm³/mol. The van der Waals surface area contributed by atoms with Crippen LogP contribution in [-0.2, 0) is 14.8 Å². The molecule has 1 aromatic rings. The lowest BCUT2D eigenvalue weighted by atomic mass is 10.3. The molecule has 0 bridgehead atoms. The summed E-state index contributed by atoms with van der Waals surface area (Å²) in [5.74, 6) is 0. The predicted octanol–water partition coefficient (Wildman–Crippen LogP) is 1.59. The van der Waals surface area contributed by atoms with Crippen LogP contribution in [0.25, 0.3) is 0 Å². The summed E-state index contributed by atoms with van der Waals surface area (Å²) < 4.78 is 30.3. The summed E-state index contributed by atoms with van der Waals surface area (Å²) in [6, 6.07) is 0. The van der Waals surface area contributed by atoms with E-state index < -0.39 is 16.8 Å². The fourth-order valence-corrected chi connectivity index (χ4v) is 1.31. The van der Waals surface area contributed by atoms with Gasteiger partial charge in [-0.15, -0.1) is 10.6 Å². The van der Waals surface area contributed by atoms with Gasteiger partial charge in [-0.05, 0) is 6.92 Å². The van der Waals surface area contributed by atoms with Gasteiger partial charge in [0.1, 0.15) is 6.17 Å². The van der Waals surface area contributed by atoms with Gasteiger partial charge in [-0.25, -0.2) is 4.39 Å². The molecule has 1 aromatic heterocycles. The van der Waals surface area contributed by atoms with Crippen molar-refractivity contribution in [3.63, 3.8) is 0 Å². The highest BCUT2D eigenvalue weighted by atomic mass is 32.2. The van der Waals surface area contributed by atoms with E-state index in [2.05, 4.69) is 9.97 Å². The molecule has 66 valence electrons. The van der Waals surface area contributed by atoms with Crippen molar-refractivity contribution in [2.24, 2.45) is 0 Å². The lowest BCUT2D eigenvalue weighted by molar-refractivity contribution is 0.357. The van der Waals surface area contributed by atoms with E-state index in [0.717, 1.165) is 0 Å². The molecule has 1 N–H and O–H groups in total. The van der Waals surface area contributed by atoms with Crippen LogP contribution in [0, 0.1) is 4.78 Å². The summed E-state index contributed by atoms with van der Waals surface area (Å²) in [6.45, 7) is 1.26. The van der Waals surface area contributed by atoms with E-state index in [1.54, 1.807) is 0 Å². The number of hydrogen-bond acceptors (Lipinski definition) is 5. The Bertz CT molecular complexity index is 342. The molecular weight excluding hydrogens is 181 g/mol. The number of alkyl halides is 1. The lowest BCUT2D eigenvalue weighted by Gasteiger charge is -2.08. The largest absolute Gasteiger partial charge is 0.439 e. The SMILES string of the molecule is CC(F)c1nccnc1[S-](=N)=O. The molecule has 0 spiro atoms. The normalized spacial score (nSPS) is 13.2. The Labute approximate surface area is 70.9 Å². The minimum atomic E-state index is -2.02. The Hall–Kier alpha value is -1.04. The number of aromatic nitrogens is 2. The molecule has 1 unspecified atom stereocenters. The van der Waals surface area contributed by atoms with E-state index in [4.69, 9.17) is 4.78 Å².